The molecule has 0 bridgehead atoms. The molecule has 1 saturated heterocycles. The van der Waals surface area contributed by atoms with Crippen LogP contribution >= 0.6 is 0 Å². The molecule has 12 heteroatoms. The van der Waals surface area contributed by atoms with Crippen molar-refractivity contribution in [1.29, 1.82) is 0 Å². The molecule has 5 rings (SSSR count). The summed E-state index contributed by atoms with van der Waals surface area (Å²) in [7, 11) is 1.43. The van der Waals surface area contributed by atoms with Crippen LogP contribution in [0.1, 0.15) is 85.6 Å². The Kier molecular flexibility index (Phi) is 8.59. The molecule has 0 spiro atoms. The summed E-state index contributed by atoms with van der Waals surface area (Å²) in [6.07, 6.45) is -12.4. The minimum absolute atomic E-state index is 0.0446. The lowest BCUT2D eigenvalue weighted by molar-refractivity contribution is -0.143. The average Bonchev–Trinajstić information content (AvgIpc) is 3.47. The zero-order chi connectivity index (χ0) is 33.9. The fourth-order valence-corrected chi connectivity index (χ4v) is 6.30. The molecular formula is C34H35F7N2O3. The first-order valence-corrected chi connectivity index (χ1v) is 14.9. The highest BCUT2D eigenvalue weighted by atomic mass is 19.4. The molecular weight excluding hydrogens is 617 g/mol. The summed E-state index contributed by atoms with van der Waals surface area (Å²) in [5.74, 6) is -0.305. The largest absolute Gasteiger partial charge is 0.496 e. The highest BCUT2D eigenvalue weighted by molar-refractivity contribution is 5.77. The molecule has 2 aliphatic heterocycles. The summed E-state index contributed by atoms with van der Waals surface area (Å²) in [6, 6.07) is 8.19. The van der Waals surface area contributed by atoms with Crippen LogP contribution in [0.4, 0.5) is 35.5 Å². The van der Waals surface area contributed by atoms with Crippen molar-refractivity contribution < 1.29 is 45.0 Å². The first-order chi connectivity index (χ1) is 21.3. The predicted molar refractivity (Wildman–Crippen MR) is 158 cm³/mol. The lowest BCUT2D eigenvalue weighted by Crippen LogP contribution is -2.42. The fraction of sp³-hybridized carbons (Fsp3) is 0.441. The van der Waals surface area contributed by atoms with E-state index in [0.29, 0.717) is 47.5 Å². The van der Waals surface area contributed by atoms with Gasteiger partial charge in [-0.3, -0.25) is 9.80 Å². The van der Waals surface area contributed by atoms with E-state index < -0.39 is 52.6 Å². The van der Waals surface area contributed by atoms with Gasteiger partial charge in [0.25, 0.3) is 0 Å². The summed E-state index contributed by atoms with van der Waals surface area (Å²) < 4.78 is 108. The van der Waals surface area contributed by atoms with Gasteiger partial charge < -0.3 is 9.47 Å². The normalized spacial score (nSPS) is 18.3. The van der Waals surface area contributed by atoms with Crippen LogP contribution < -0.4 is 4.74 Å². The van der Waals surface area contributed by atoms with Crippen molar-refractivity contribution in [2.75, 3.05) is 13.7 Å². The van der Waals surface area contributed by atoms with Crippen molar-refractivity contribution >= 4 is 6.09 Å². The SMILES string of the molecule is CCN1Cc2cc(CN3C(=O)O[C@H](c4cc(C(F)(F)F)cc(C(F)(F)F)c4)C3(C)C)c(-c3cc(C(C)C)c(F)cc3OC)cc2C1. The number of benzene rings is 3. The summed E-state index contributed by atoms with van der Waals surface area (Å²) in [5, 5.41) is 0. The van der Waals surface area contributed by atoms with Gasteiger partial charge in [0, 0.05) is 24.7 Å². The number of carbonyl (C=O) groups is 1. The van der Waals surface area contributed by atoms with E-state index in [1.165, 1.54) is 31.9 Å². The molecule has 2 aliphatic rings. The Balaban J connectivity index is 1.62. The third-order valence-corrected chi connectivity index (χ3v) is 8.91. The first kappa shape index (κ1) is 33.6. The summed E-state index contributed by atoms with van der Waals surface area (Å²) in [4.78, 5) is 16.9. The number of halogens is 7. The van der Waals surface area contributed by atoms with Crippen molar-refractivity contribution in [3.63, 3.8) is 0 Å². The molecule has 0 unspecified atom stereocenters. The molecule has 46 heavy (non-hydrogen) atoms. The fourth-order valence-electron chi connectivity index (χ4n) is 6.30. The van der Waals surface area contributed by atoms with Gasteiger partial charge >= 0.3 is 18.4 Å². The van der Waals surface area contributed by atoms with E-state index in [4.69, 9.17) is 9.47 Å². The number of hydrogen-bond acceptors (Lipinski definition) is 4. The maximum atomic E-state index is 15.0. The Morgan fingerprint density at radius 2 is 1.50 bits per heavy atom. The molecule has 248 valence electrons. The van der Waals surface area contributed by atoms with E-state index in [2.05, 4.69) is 4.90 Å². The quantitative estimate of drug-likeness (QED) is 0.239. The highest BCUT2D eigenvalue weighted by Crippen LogP contribution is 2.47. The Morgan fingerprint density at radius 1 is 0.913 bits per heavy atom. The van der Waals surface area contributed by atoms with Crippen LogP contribution in [-0.2, 0) is 36.7 Å². The Labute approximate surface area is 262 Å². The topological polar surface area (TPSA) is 42.0 Å². The van der Waals surface area contributed by atoms with Crippen LogP contribution in [0.3, 0.4) is 0 Å². The molecule has 0 saturated carbocycles. The molecule has 2 heterocycles. The minimum atomic E-state index is -5.06. The van der Waals surface area contributed by atoms with E-state index in [9.17, 15) is 35.5 Å². The number of rotatable bonds is 7. The van der Waals surface area contributed by atoms with Crippen LogP contribution in [0.2, 0.25) is 0 Å². The summed E-state index contributed by atoms with van der Waals surface area (Å²) >= 11 is 0. The highest BCUT2D eigenvalue weighted by Gasteiger charge is 2.50. The van der Waals surface area contributed by atoms with E-state index >= 15 is 0 Å². The molecule has 0 radical (unpaired) electrons. The maximum Gasteiger partial charge on any atom is 0.416 e. The van der Waals surface area contributed by atoms with Crippen molar-refractivity contribution in [3.05, 3.63) is 87.2 Å². The number of fused-ring (bicyclic) bond motifs is 1. The van der Waals surface area contributed by atoms with Crippen LogP contribution in [0.25, 0.3) is 11.1 Å². The molecule has 0 aromatic heterocycles. The molecule has 3 aromatic rings. The van der Waals surface area contributed by atoms with Crippen molar-refractivity contribution in [2.45, 2.75) is 84.2 Å². The molecule has 1 amide bonds. The Bertz CT molecular complexity index is 1630. The standard InChI is InChI=1S/C34H35F7N2O3/c1-7-42-15-20-8-22(26(11-21(20)16-42)27-13-25(18(2)3)28(35)14-29(27)45-6)17-43-31(44)46-30(32(43,4)5)19-9-23(33(36,37)38)12-24(10-19)34(39,40)41/h8-14,18,30H,7,15-17H2,1-6H3/t30-/m1/s1. The van der Waals surface area contributed by atoms with Gasteiger partial charge in [0.2, 0.25) is 0 Å². The maximum absolute atomic E-state index is 15.0. The van der Waals surface area contributed by atoms with Gasteiger partial charge in [-0.2, -0.15) is 26.3 Å². The minimum Gasteiger partial charge on any atom is -0.496 e. The number of nitrogens with zero attached hydrogens (tertiary/aromatic N) is 2. The third kappa shape index (κ3) is 6.15. The van der Waals surface area contributed by atoms with Gasteiger partial charge in [-0.05, 0) is 90.0 Å². The first-order valence-electron chi connectivity index (χ1n) is 14.9. The number of alkyl halides is 6. The number of amides is 1. The lowest BCUT2D eigenvalue weighted by Gasteiger charge is -2.33. The van der Waals surface area contributed by atoms with Crippen molar-refractivity contribution in [2.24, 2.45) is 0 Å². The zero-order valence-electron chi connectivity index (χ0n) is 26.3. The predicted octanol–water partition coefficient (Wildman–Crippen LogP) is 9.47. The smallest absolute Gasteiger partial charge is 0.416 e. The van der Waals surface area contributed by atoms with Gasteiger partial charge in [-0.15, -0.1) is 0 Å². The van der Waals surface area contributed by atoms with Crippen molar-refractivity contribution in [1.82, 2.24) is 9.80 Å². The van der Waals surface area contributed by atoms with Gasteiger partial charge in [0.05, 0.1) is 30.3 Å². The number of hydrogen-bond donors (Lipinski definition) is 0. The van der Waals surface area contributed by atoms with Crippen molar-refractivity contribution in [3.8, 4) is 16.9 Å². The third-order valence-electron chi connectivity index (χ3n) is 8.91. The molecule has 0 N–H and O–H groups in total. The van der Waals surface area contributed by atoms with Crippen LogP contribution in [0, 0.1) is 5.82 Å². The monoisotopic (exact) mass is 652 g/mol. The molecule has 5 nitrogen and oxygen atoms in total. The molecule has 1 fully saturated rings. The molecule has 0 aliphatic carbocycles. The van der Waals surface area contributed by atoms with Crippen LogP contribution in [0.15, 0.2) is 42.5 Å². The van der Waals surface area contributed by atoms with Gasteiger partial charge in [0.1, 0.15) is 11.6 Å². The second-order valence-corrected chi connectivity index (χ2v) is 12.7. The van der Waals surface area contributed by atoms with Crippen LogP contribution in [-0.4, -0.2) is 35.1 Å². The van der Waals surface area contributed by atoms with E-state index in [1.807, 2.05) is 32.9 Å². The van der Waals surface area contributed by atoms with E-state index in [-0.39, 0.29) is 24.3 Å². The number of ether oxygens (including phenoxy) is 2. The van der Waals surface area contributed by atoms with E-state index in [1.54, 1.807) is 6.07 Å². The average molecular weight is 653 g/mol. The zero-order valence-corrected chi connectivity index (χ0v) is 26.3. The van der Waals surface area contributed by atoms with Gasteiger partial charge in [-0.1, -0.05) is 26.8 Å². The molecule has 3 aromatic carbocycles. The second-order valence-electron chi connectivity index (χ2n) is 12.7. The number of cyclic esters (lactones) is 1. The lowest BCUT2D eigenvalue weighted by atomic mass is 9.87. The Morgan fingerprint density at radius 3 is 2.02 bits per heavy atom. The Hall–Kier alpha value is -3.80. The van der Waals surface area contributed by atoms with Gasteiger partial charge in [0.15, 0.2) is 6.10 Å². The number of methoxy groups -OCH3 is 1. The molecule has 1 atom stereocenters. The summed E-state index contributed by atoms with van der Waals surface area (Å²) in [6.45, 7) is 10.9. The van der Waals surface area contributed by atoms with Gasteiger partial charge in [-0.25, -0.2) is 9.18 Å². The second kappa shape index (κ2) is 11.8. The summed E-state index contributed by atoms with van der Waals surface area (Å²) in [5.41, 5.74) is -0.352. The van der Waals surface area contributed by atoms with E-state index in [0.717, 1.165) is 17.7 Å². The van der Waals surface area contributed by atoms with Crippen LogP contribution in [0.5, 0.6) is 5.75 Å². The number of carbonyl (C=O) groups excluding carboxylic acids is 1.